The van der Waals surface area contributed by atoms with Gasteiger partial charge in [-0.1, -0.05) is 93.9 Å². The molecule has 8 aromatic rings. The largest absolute Gasteiger partial charge is 3.00 e. The van der Waals surface area contributed by atoms with E-state index >= 15 is 0 Å². The van der Waals surface area contributed by atoms with Crippen LogP contribution in [0.1, 0.15) is 22.3 Å². The maximum Gasteiger partial charge on any atom is 3.00 e. The average Bonchev–Trinajstić information content (AvgIpc) is 3.54. The molecular formula is C39H28AuN3. The van der Waals surface area contributed by atoms with E-state index in [9.17, 15) is 0 Å². The second-order valence-corrected chi connectivity index (χ2v) is 11.3. The number of benzene rings is 5. The van der Waals surface area contributed by atoms with Crippen molar-refractivity contribution >= 4 is 43.7 Å². The van der Waals surface area contributed by atoms with Crippen LogP contribution < -0.4 is 4.98 Å². The Bertz CT molecular complexity index is 2300. The second kappa shape index (κ2) is 10.4. The van der Waals surface area contributed by atoms with E-state index < -0.39 is 0 Å². The zero-order chi connectivity index (χ0) is 28.5. The molecule has 0 aliphatic heterocycles. The van der Waals surface area contributed by atoms with E-state index in [4.69, 9.17) is 9.97 Å². The van der Waals surface area contributed by atoms with Gasteiger partial charge in [-0.25, -0.2) is 10.5 Å². The summed E-state index contributed by atoms with van der Waals surface area (Å²) in [5.74, 6) is 0. The number of hydrogen-bond acceptors (Lipinski definition) is 1. The predicted octanol–water partition coefficient (Wildman–Crippen LogP) is 9.61. The van der Waals surface area contributed by atoms with Crippen LogP contribution in [0.2, 0.25) is 0 Å². The molecule has 0 fully saturated rings. The molecule has 210 valence electrons. The molecule has 0 aliphatic carbocycles. The van der Waals surface area contributed by atoms with Crippen LogP contribution in [-0.2, 0) is 22.4 Å². The van der Waals surface area contributed by atoms with Gasteiger partial charge in [0.15, 0.2) is 0 Å². The summed E-state index contributed by atoms with van der Waals surface area (Å²) in [6, 6.07) is 39.8. The molecule has 0 N–H and O–H groups in total. The smallest absolute Gasteiger partial charge is 0.663 e. The van der Waals surface area contributed by atoms with Gasteiger partial charge in [0.1, 0.15) is 5.65 Å². The molecular weight excluding hydrogens is 707 g/mol. The van der Waals surface area contributed by atoms with Crippen LogP contribution in [0.15, 0.2) is 97.2 Å². The van der Waals surface area contributed by atoms with Crippen LogP contribution in [0.3, 0.4) is 0 Å². The summed E-state index contributed by atoms with van der Waals surface area (Å²) in [5, 5.41) is 4.70. The molecule has 0 saturated heterocycles. The van der Waals surface area contributed by atoms with Crippen LogP contribution in [0.5, 0.6) is 0 Å². The SMILES string of the molecule is Cc1cc(C)c(-c2cccc3c2[n-]c2ccccc23)[c-]c1-c1[c-]c(-n2c3ccccc3c3cccnc32)c(C)cc1C.[Au+3]. The van der Waals surface area contributed by atoms with Crippen molar-refractivity contribution in [3.8, 4) is 27.9 Å². The minimum Gasteiger partial charge on any atom is -0.663 e. The maximum atomic E-state index is 5.05. The first-order chi connectivity index (χ1) is 20.5. The Balaban J connectivity index is 0.00000300. The molecule has 0 bridgehead atoms. The first-order valence-corrected chi connectivity index (χ1v) is 14.4. The van der Waals surface area contributed by atoms with E-state index in [-0.39, 0.29) is 22.4 Å². The van der Waals surface area contributed by atoms with Crippen LogP contribution in [0.25, 0.3) is 71.7 Å². The number of pyridine rings is 1. The molecule has 0 spiro atoms. The first kappa shape index (κ1) is 27.4. The van der Waals surface area contributed by atoms with E-state index in [0.717, 1.165) is 61.1 Å². The molecule has 3 aromatic heterocycles. The summed E-state index contributed by atoms with van der Waals surface area (Å²) >= 11 is 0. The monoisotopic (exact) mass is 735 g/mol. The number of aromatic nitrogens is 3. The van der Waals surface area contributed by atoms with Crippen molar-refractivity contribution in [2.45, 2.75) is 27.7 Å². The standard InChI is InChI=1S/C39H28N3.Au/c1-23-19-24(2)33(21-32(23)30-14-9-13-29-27-11-5-7-16-35(27)41-38(29)30)34-22-37(26(4)20-25(34)3)42-36-17-8-6-12-28(36)31-15-10-18-40-39(31)42;/h5-20H,1-4H3;/q-3;+3. The molecule has 43 heavy (non-hydrogen) atoms. The van der Waals surface area contributed by atoms with Crippen LogP contribution in [0, 0.1) is 39.8 Å². The minimum atomic E-state index is 0. The minimum absolute atomic E-state index is 0. The van der Waals surface area contributed by atoms with Crippen molar-refractivity contribution < 1.29 is 22.4 Å². The van der Waals surface area contributed by atoms with Gasteiger partial charge in [0.05, 0.1) is 5.52 Å². The number of aryl methyl sites for hydroxylation is 4. The number of nitrogens with zero attached hydrogens (tertiary/aromatic N) is 3. The topological polar surface area (TPSA) is 31.9 Å². The van der Waals surface area contributed by atoms with Gasteiger partial charge in [-0.2, -0.15) is 34.3 Å². The Morgan fingerprint density at radius 3 is 2.09 bits per heavy atom. The van der Waals surface area contributed by atoms with E-state index in [1.165, 1.54) is 32.8 Å². The Kier molecular flexibility index (Phi) is 6.63. The van der Waals surface area contributed by atoms with Crippen molar-refractivity contribution in [1.29, 1.82) is 0 Å². The van der Waals surface area contributed by atoms with Crippen molar-refractivity contribution in [3.63, 3.8) is 0 Å². The van der Waals surface area contributed by atoms with Gasteiger partial charge in [-0.3, -0.25) is 0 Å². The number of para-hydroxylation sites is 3. The van der Waals surface area contributed by atoms with E-state index in [0.29, 0.717) is 0 Å². The fourth-order valence-corrected chi connectivity index (χ4v) is 6.63. The Morgan fingerprint density at radius 2 is 1.26 bits per heavy atom. The Labute approximate surface area is 266 Å². The van der Waals surface area contributed by atoms with E-state index in [1.54, 1.807) is 0 Å². The van der Waals surface area contributed by atoms with Crippen molar-refractivity contribution in [2.24, 2.45) is 0 Å². The van der Waals surface area contributed by atoms with E-state index in [1.807, 2.05) is 12.3 Å². The normalized spacial score (nSPS) is 11.5. The third-order valence-corrected chi connectivity index (χ3v) is 8.56. The summed E-state index contributed by atoms with van der Waals surface area (Å²) in [6.07, 6.45) is 1.87. The van der Waals surface area contributed by atoms with Gasteiger partial charge in [-0.05, 0) is 34.7 Å². The molecule has 0 amide bonds. The van der Waals surface area contributed by atoms with Gasteiger partial charge in [0, 0.05) is 17.0 Å². The Hall–Kier alpha value is -4.41. The zero-order valence-corrected chi connectivity index (χ0v) is 26.5. The van der Waals surface area contributed by atoms with Gasteiger partial charge in [-0.15, -0.1) is 34.3 Å². The third kappa shape index (κ3) is 4.19. The van der Waals surface area contributed by atoms with Gasteiger partial charge >= 0.3 is 22.4 Å². The number of hydrogen-bond donors (Lipinski definition) is 0. The predicted molar refractivity (Wildman–Crippen MR) is 174 cm³/mol. The first-order valence-electron chi connectivity index (χ1n) is 14.4. The zero-order valence-electron chi connectivity index (χ0n) is 24.4. The summed E-state index contributed by atoms with van der Waals surface area (Å²) in [5.41, 5.74) is 14.2. The molecule has 8 rings (SSSR count). The summed E-state index contributed by atoms with van der Waals surface area (Å²) in [4.78, 5) is 9.87. The number of rotatable bonds is 3. The molecule has 0 unspecified atom stereocenters. The summed E-state index contributed by atoms with van der Waals surface area (Å²) < 4.78 is 2.26. The van der Waals surface area contributed by atoms with Crippen molar-refractivity contribution in [1.82, 2.24) is 14.5 Å². The fourth-order valence-electron chi connectivity index (χ4n) is 6.63. The van der Waals surface area contributed by atoms with Crippen LogP contribution in [-0.4, -0.2) is 9.55 Å². The molecule has 3 nitrogen and oxygen atoms in total. The quantitative estimate of drug-likeness (QED) is 0.134. The van der Waals surface area contributed by atoms with Crippen molar-refractivity contribution in [3.05, 3.63) is 132 Å². The third-order valence-electron chi connectivity index (χ3n) is 8.56. The molecule has 0 radical (unpaired) electrons. The second-order valence-electron chi connectivity index (χ2n) is 11.3. The molecule has 5 aromatic carbocycles. The molecule has 4 heteroatoms. The Morgan fingerprint density at radius 1 is 0.605 bits per heavy atom. The summed E-state index contributed by atoms with van der Waals surface area (Å²) in [6.45, 7) is 8.68. The van der Waals surface area contributed by atoms with Crippen LogP contribution >= 0.6 is 0 Å². The van der Waals surface area contributed by atoms with Crippen molar-refractivity contribution in [2.75, 3.05) is 0 Å². The van der Waals surface area contributed by atoms with Crippen LogP contribution in [0.4, 0.5) is 0 Å². The van der Waals surface area contributed by atoms with Gasteiger partial charge in [0.2, 0.25) is 0 Å². The number of fused-ring (bicyclic) bond motifs is 6. The molecule has 3 heterocycles. The average molecular weight is 736 g/mol. The summed E-state index contributed by atoms with van der Waals surface area (Å²) in [7, 11) is 0. The fraction of sp³-hybridized carbons (Fsp3) is 0.103. The molecule has 0 atom stereocenters. The van der Waals surface area contributed by atoms with E-state index in [2.05, 4.69) is 129 Å². The molecule has 0 saturated carbocycles. The molecule has 0 aliphatic rings. The maximum absolute atomic E-state index is 5.05. The van der Waals surface area contributed by atoms with Gasteiger partial charge in [0.25, 0.3) is 0 Å². The van der Waals surface area contributed by atoms with Gasteiger partial charge < -0.3 is 9.55 Å².